The molecule has 1 unspecified atom stereocenters. The molecule has 1 heterocycles. The summed E-state index contributed by atoms with van der Waals surface area (Å²) in [6.07, 6.45) is 2.51. The van der Waals surface area contributed by atoms with Crippen LogP contribution in [0.5, 0.6) is 0 Å². The Morgan fingerprint density at radius 2 is 2.62 bits per heavy atom. The highest BCUT2D eigenvalue weighted by atomic mass is 16.7. The monoisotopic (exact) mass is 116 g/mol. The van der Waals surface area contributed by atoms with Gasteiger partial charge in [0.15, 0.2) is 0 Å². The molecule has 0 radical (unpaired) electrons. The number of nitrogens with one attached hydrogen (secondary N) is 2. The van der Waals surface area contributed by atoms with Gasteiger partial charge >= 0.3 is 0 Å². The van der Waals surface area contributed by atoms with Gasteiger partial charge in [0.2, 0.25) is 0 Å². The van der Waals surface area contributed by atoms with E-state index < -0.39 is 0 Å². The smallest absolute Gasteiger partial charge is 0.130 e. The van der Waals surface area contributed by atoms with Gasteiger partial charge in [-0.3, -0.25) is 10.2 Å². The second kappa shape index (κ2) is 3.02. The predicted molar refractivity (Wildman–Crippen MR) is 30.9 cm³/mol. The van der Waals surface area contributed by atoms with E-state index in [-0.39, 0.29) is 6.23 Å². The molecule has 2 N–H and O–H groups in total. The van der Waals surface area contributed by atoms with Crippen LogP contribution in [0.2, 0.25) is 0 Å². The normalized spacial score (nSPS) is 28.9. The van der Waals surface area contributed by atoms with Crippen molar-refractivity contribution in [2.45, 2.75) is 26.0 Å². The quantitative estimate of drug-likeness (QED) is 0.540. The van der Waals surface area contributed by atoms with E-state index in [4.69, 9.17) is 4.84 Å². The van der Waals surface area contributed by atoms with Crippen molar-refractivity contribution < 1.29 is 4.84 Å². The average molecular weight is 116 g/mol. The highest BCUT2D eigenvalue weighted by Crippen LogP contribution is 1.98. The topological polar surface area (TPSA) is 33.3 Å². The van der Waals surface area contributed by atoms with Gasteiger partial charge in [0.05, 0.1) is 6.67 Å². The molecule has 3 heteroatoms. The molecule has 0 amide bonds. The second-order valence-electron chi connectivity index (χ2n) is 1.92. The molecule has 1 atom stereocenters. The fraction of sp³-hybridized carbons (Fsp3) is 1.00. The molecule has 48 valence electrons. The van der Waals surface area contributed by atoms with E-state index in [1.165, 1.54) is 6.42 Å². The van der Waals surface area contributed by atoms with Gasteiger partial charge in [-0.15, -0.1) is 0 Å². The summed E-state index contributed by atoms with van der Waals surface area (Å²) in [4.78, 5) is 5.03. The summed E-state index contributed by atoms with van der Waals surface area (Å²) in [6, 6.07) is 0. The van der Waals surface area contributed by atoms with Crippen molar-refractivity contribution in [3.63, 3.8) is 0 Å². The molecule has 3 nitrogen and oxygen atoms in total. The van der Waals surface area contributed by atoms with Gasteiger partial charge in [0.25, 0.3) is 0 Å². The van der Waals surface area contributed by atoms with Crippen LogP contribution in [0.4, 0.5) is 0 Å². The molecule has 0 aromatic carbocycles. The van der Waals surface area contributed by atoms with Gasteiger partial charge in [-0.1, -0.05) is 13.3 Å². The van der Waals surface area contributed by atoms with Crippen LogP contribution in [0.25, 0.3) is 0 Å². The molecule has 0 aliphatic carbocycles. The van der Waals surface area contributed by atoms with Gasteiger partial charge in [-0.05, 0) is 6.42 Å². The molecule has 8 heavy (non-hydrogen) atoms. The van der Waals surface area contributed by atoms with Gasteiger partial charge in [-0.2, -0.15) is 5.48 Å². The molecular formula is C5H12N2O. The average Bonchev–Trinajstić information content (AvgIpc) is 2.19. The van der Waals surface area contributed by atoms with Crippen molar-refractivity contribution in [1.29, 1.82) is 0 Å². The van der Waals surface area contributed by atoms with Crippen LogP contribution in [-0.4, -0.2) is 12.9 Å². The van der Waals surface area contributed by atoms with E-state index in [9.17, 15) is 0 Å². The van der Waals surface area contributed by atoms with E-state index in [1.54, 1.807) is 0 Å². The Morgan fingerprint density at radius 1 is 1.75 bits per heavy atom. The molecule has 0 spiro atoms. The first kappa shape index (κ1) is 6.01. The summed E-state index contributed by atoms with van der Waals surface area (Å²) in [7, 11) is 0. The third kappa shape index (κ3) is 1.43. The lowest BCUT2D eigenvalue weighted by atomic mass is 10.3. The first-order valence-electron chi connectivity index (χ1n) is 3.05. The van der Waals surface area contributed by atoms with E-state index in [0.717, 1.165) is 13.1 Å². The third-order valence-electron chi connectivity index (χ3n) is 1.18. The number of hydrogen-bond acceptors (Lipinski definition) is 3. The maximum absolute atomic E-state index is 5.03. The summed E-state index contributed by atoms with van der Waals surface area (Å²) in [6.45, 7) is 2.92. The molecule has 1 aliphatic heterocycles. The predicted octanol–water partition coefficient (Wildman–Crippen LogP) is 0.195. The highest BCUT2D eigenvalue weighted by Gasteiger charge is 2.11. The Bertz CT molecular complexity index is 61.4. The SMILES string of the molecule is CCCC1NCNO1. The summed E-state index contributed by atoms with van der Waals surface area (Å²) < 4.78 is 0. The fourth-order valence-corrected chi connectivity index (χ4v) is 0.763. The number of hydrogen-bond donors (Lipinski definition) is 2. The molecule has 0 aromatic heterocycles. The molecule has 1 fully saturated rings. The first-order valence-corrected chi connectivity index (χ1v) is 3.05. The zero-order valence-corrected chi connectivity index (χ0v) is 5.11. The molecule has 1 saturated heterocycles. The van der Waals surface area contributed by atoms with Crippen LogP contribution >= 0.6 is 0 Å². The van der Waals surface area contributed by atoms with Gasteiger partial charge in [-0.25, -0.2) is 0 Å². The van der Waals surface area contributed by atoms with E-state index >= 15 is 0 Å². The summed E-state index contributed by atoms with van der Waals surface area (Å²) in [5, 5.41) is 3.12. The lowest BCUT2D eigenvalue weighted by Gasteiger charge is -2.03. The minimum absolute atomic E-state index is 0.250. The lowest BCUT2D eigenvalue weighted by molar-refractivity contribution is 0.0235. The molecule has 1 rings (SSSR count). The Labute approximate surface area is 49.4 Å². The van der Waals surface area contributed by atoms with Crippen molar-refractivity contribution >= 4 is 0 Å². The van der Waals surface area contributed by atoms with Crippen LogP contribution in [-0.2, 0) is 4.84 Å². The third-order valence-corrected chi connectivity index (χ3v) is 1.18. The van der Waals surface area contributed by atoms with Gasteiger partial charge < -0.3 is 0 Å². The largest absolute Gasteiger partial charge is 0.282 e. The molecule has 0 aromatic rings. The Hall–Kier alpha value is -0.120. The number of hydroxylamine groups is 1. The lowest BCUT2D eigenvalue weighted by Crippen LogP contribution is -2.21. The van der Waals surface area contributed by atoms with Crippen molar-refractivity contribution in [3.8, 4) is 0 Å². The molecule has 1 aliphatic rings. The van der Waals surface area contributed by atoms with Crippen molar-refractivity contribution in [1.82, 2.24) is 10.8 Å². The van der Waals surface area contributed by atoms with E-state index in [0.29, 0.717) is 0 Å². The maximum atomic E-state index is 5.03. The second-order valence-corrected chi connectivity index (χ2v) is 1.92. The van der Waals surface area contributed by atoms with Crippen LogP contribution in [0.3, 0.4) is 0 Å². The summed E-state index contributed by atoms with van der Waals surface area (Å²) in [5.41, 5.74) is 2.75. The molecule has 0 saturated carbocycles. The van der Waals surface area contributed by atoms with Crippen molar-refractivity contribution in [2.75, 3.05) is 6.67 Å². The van der Waals surface area contributed by atoms with E-state index in [1.807, 2.05) is 0 Å². The Balaban J connectivity index is 2.06. The number of rotatable bonds is 2. The standard InChI is InChI=1S/C5H12N2O/c1-2-3-5-6-4-7-8-5/h5-7H,2-4H2,1H3. The maximum Gasteiger partial charge on any atom is 0.130 e. The van der Waals surface area contributed by atoms with Gasteiger partial charge in [0, 0.05) is 0 Å². The zero-order valence-electron chi connectivity index (χ0n) is 5.11. The zero-order chi connectivity index (χ0) is 5.82. The van der Waals surface area contributed by atoms with Crippen LogP contribution < -0.4 is 10.8 Å². The summed E-state index contributed by atoms with van der Waals surface area (Å²) in [5.74, 6) is 0. The Kier molecular flexibility index (Phi) is 2.27. The van der Waals surface area contributed by atoms with Crippen LogP contribution in [0, 0.1) is 0 Å². The fourth-order valence-electron chi connectivity index (χ4n) is 0.763. The van der Waals surface area contributed by atoms with Crippen LogP contribution in [0.15, 0.2) is 0 Å². The summed E-state index contributed by atoms with van der Waals surface area (Å²) >= 11 is 0. The minimum Gasteiger partial charge on any atom is -0.282 e. The Morgan fingerprint density at radius 3 is 3.12 bits per heavy atom. The first-order chi connectivity index (χ1) is 3.93. The highest BCUT2D eigenvalue weighted by molar-refractivity contribution is 4.55. The van der Waals surface area contributed by atoms with Gasteiger partial charge in [0.1, 0.15) is 6.23 Å². The van der Waals surface area contributed by atoms with Crippen molar-refractivity contribution in [3.05, 3.63) is 0 Å². The molecule has 0 bridgehead atoms. The molecular weight excluding hydrogens is 104 g/mol. The minimum atomic E-state index is 0.250. The van der Waals surface area contributed by atoms with Crippen LogP contribution in [0.1, 0.15) is 19.8 Å². The van der Waals surface area contributed by atoms with Crippen molar-refractivity contribution in [2.24, 2.45) is 0 Å². The van der Waals surface area contributed by atoms with E-state index in [2.05, 4.69) is 17.7 Å².